The van der Waals surface area contributed by atoms with Gasteiger partial charge >= 0.3 is 0 Å². The lowest BCUT2D eigenvalue weighted by molar-refractivity contribution is 1.02. The zero-order valence-corrected chi connectivity index (χ0v) is 41.7. The summed E-state index contributed by atoms with van der Waals surface area (Å²) in [4.78, 5) is 18.8. The van der Waals surface area contributed by atoms with E-state index in [2.05, 4.69) is 271 Å². The number of anilines is 3. The van der Waals surface area contributed by atoms with Crippen LogP contribution in [0.25, 0.3) is 66.9 Å². The van der Waals surface area contributed by atoms with Crippen LogP contribution >= 0.6 is 0 Å². The lowest BCUT2D eigenvalue weighted by Gasteiger charge is -2.28. The molecule has 0 fully saturated rings. The van der Waals surface area contributed by atoms with Gasteiger partial charge in [-0.2, -0.15) is 9.97 Å². The van der Waals surface area contributed by atoms with Crippen molar-refractivity contribution in [1.29, 1.82) is 0 Å². The molecule has 4 nitrogen and oxygen atoms in total. The second-order valence-electron chi connectivity index (χ2n) is 19.2. The van der Waals surface area contributed by atoms with Gasteiger partial charge < -0.3 is 0 Å². The third kappa shape index (κ3) is 8.91. The van der Waals surface area contributed by atoms with E-state index < -0.39 is 0 Å². The highest BCUT2D eigenvalue weighted by atomic mass is 15.3. The van der Waals surface area contributed by atoms with E-state index in [0.29, 0.717) is 17.6 Å². The average molecular weight is 927 g/mol. The molecule has 346 valence electrons. The van der Waals surface area contributed by atoms with Crippen molar-refractivity contribution in [3.8, 4) is 56.2 Å². The van der Waals surface area contributed by atoms with Gasteiger partial charge in [0.1, 0.15) is 0 Å². The molecule has 1 heterocycles. The molecular weight excluding hydrogens is 872 g/mol. The maximum atomic E-state index is 5.61. The van der Waals surface area contributed by atoms with E-state index >= 15 is 0 Å². The first kappa shape index (κ1) is 45.8. The monoisotopic (exact) mass is 926 g/mol. The molecule has 0 spiro atoms. The van der Waals surface area contributed by atoms with Gasteiger partial charge in [0.05, 0.1) is 5.69 Å². The number of rotatable bonds is 11. The van der Waals surface area contributed by atoms with Crippen molar-refractivity contribution in [2.45, 2.75) is 41.5 Å². The second-order valence-corrected chi connectivity index (χ2v) is 19.2. The summed E-state index contributed by atoms with van der Waals surface area (Å²) in [5.74, 6) is 1.67. The molecule has 1 aromatic heterocycles. The fraction of sp³-hybridized carbons (Fsp3) is 0.0896. The Morgan fingerprint density at radius 1 is 0.361 bits per heavy atom. The molecule has 0 aliphatic carbocycles. The molecule has 5 heteroatoms. The Morgan fingerprint density at radius 3 is 1.51 bits per heavy atom. The van der Waals surface area contributed by atoms with Crippen molar-refractivity contribution < 1.29 is 0 Å². The van der Waals surface area contributed by atoms with Crippen LogP contribution in [0.5, 0.6) is 0 Å². The number of aromatic nitrogens is 3. The van der Waals surface area contributed by atoms with Gasteiger partial charge in [-0.25, -0.2) is 4.98 Å². The van der Waals surface area contributed by atoms with Gasteiger partial charge in [0.2, 0.25) is 12.7 Å². The Hall–Kier alpha value is -8.67. The summed E-state index contributed by atoms with van der Waals surface area (Å²) >= 11 is 0. The smallest absolute Gasteiger partial charge is 0.242 e. The molecule has 0 aliphatic rings. The molecule has 0 radical (unpaired) electrons. The minimum atomic E-state index is 0.0156. The Labute approximate surface area is 424 Å². The van der Waals surface area contributed by atoms with Crippen LogP contribution in [0, 0.1) is 41.5 Å². The van der Waals surface area contributed by atoms with E-state index in [-0.39, 0.29) is 6.71 Å². The largest absolute Gasteiger partial charge is 0.278 e. The van der Waals surface area contributed by atoms with Crippen molar-refractivity contribution >= 4 is 51.2 Å². The van der Waals surface area contributed by atoms with E-state index in [1.807, 2.05) is 0 Å². The molecule has 0 saturated heterocycles. The predicted octanol–water partition coefficient (Wildman–Crippen LogP) is 15.2. The minimum absolute atomic E-state index is 0.0156. The van der Waals surface area contributed by atoms with Crippen LogP contribution in [0.2, 0.25) is 0 Å². The van der Waals surface area contributed by atoms with Gasteiger partial charge in [0.25, 0.3) is 0 Å². The zero-order valence-electron chi connectivity index (χ0n) is 41.7. The highest BCUT2D eigenvalue weighted by Gasteiger charge is 2.30. The third-order valence-electron chi connectivity index (χ3n) is 14.1. The van der Waals surface area contributed by atoms with Gasteiger partial charge in [0.15, 0.2) is 11.6 Å². The third-order valence-corrected chi connectivity index (χ3v) is 14.1. The summed E-state index contributed by atoms with van der Waals surface area (Å²) in [5, 5.41) is 2.28. The van der Waals surface area contributed by atoms with Gasteiger partial charge in [-0.15, -0.1) is 0 Å². The highest BCUT2D eigenvalue weighted by Crippen LogP contribution is 2.42. The lowest BCUT2D eigenvalue weighted by Crippen LogP contribution is -2.55. The summed E-state index contributed by atoms with van der Waals surface area (Å²) in [6.45, 7) is 13.5. The van der Waals surface area contributed by atoms with Gasteiger partial charge in [-0.3, -0.25) is 4.90 Å². The number of benzene rings is 10. The Bertz CT molecular complexity index is 3650. The molecule has 0 unspecified atom stereocenters. The van der Waals surface area contributed by atoms with Crippen molar-refractivity contribution in [2.75, 3.05) is 4.90 Å². The standard InChI is InChI=1S/C67H55BN4/c1-44-39-46(3)63(47(4)40-44)68(64-48(5)41-45(2)42-49(64)6)56-34-36-57(37-35-56)72(61-32-19-18-30-58(61)51-23-12-8-13-24-51)67-70-65(55-29-20-28-54(43-55)50-21-10-7-11-22-50)69-66(71-67)60-38-33-52-25-16-17-31-59(52)62(60)53-26-14-9-15-27-53/h7-43H,1-6H3. The molecule has 72 heavy (non-hydrogen) atoms. The van der Waals surface area contributed by atoms with Crippen LogP contribution < -0.4 is 21.3 Å². The SMILES string of the molecule is Cc1cc(C)c(B(c2ccc(N(c3nc(-c4cccc(-c5ccccc5)c4)nc(-c4ccc5ccccc5c4-c4ccccc4)n3)c3ccccc3-c3ccccc3)cc2)c2c(C)cc(C)cc2C)c(C)c1. The number of aryl methyl sites for hydroxylation is 6. The van der Waals surface area contributed by atoms with E-state index in [4.69, 9.17) is 15.0 Å². The zero-order chi connectivity index (χ0) is 49.3. The van der Waals surface area contributed by atoms with Gasteiger partial charge in [-0.1, -0.05) is 244 Å². The quantitative estimate of drug-likeness (QED) is 0.121. The summed E-state index contributed by atoms with van der Waals surface area (Å²) in [6.07, 6.45) is 0. The van der Waals surface area contributed by atoms with Crippen LogP contribution in [-0.2, 0) is 0 Å². The van der Waals surface area contributed by atoms with Crippen molar-refractivity contribution in [3.05, 3.63) is 258 Å². The molecule has 0 atom stereocenters. The lowest BCUT2D eigenvalue weighted by atomic mass is 9.34. The summed E-state index contributed by atoms with van der Waals surface area (Å²) in [5.41, 5.74) is 21.9. The second kappa shape index (κ2) is 19.6. The maximum absolute atomic E-state index is 5.61. The van der Waals surface area contributed by atoms with Crippen LogP contribution in [0.1, 0.15) is 33.4 Å². The molecule has 10 aromatic carbocycles. The normalized spacial score (nSPS) is 11.2. The van der Waals surface area contributed by atoms with E-state index in [0.717, 1.165) is 66.7 Å². The highest BCUT2D eigenvalue weighted by molar-refractivity contribution is 6.96. The molecule has 11 rings (SSSR count). The summed E-state index contributed by atoms with van der Waals surface area (Å²) < 4.78 is 0. The number of fused-ring (bicyclic) bond motifs is 1. The topological polar surface area (TPSA) is 41.9 Å². The number of nitrogens with zero attached hydrogens (tertiary/aromatic N) is 4. The fourth-order valence-electron chi connectivity index (χ4n) is 11.0. The maximum Gasteiger partial charge on any atom is 0.242 e. The summed E-state index contributed by atoms with van der Waals surface area (Å²) in [7, 11) is 0. The fourth-order valence-corrected chi connectivity index (χ4v) is 11.0. The Balaban J connectivity index is 1.18. The van der Waals surface area contributed by atoms with Gasteiger partial charge in [-0.05, 0) is 105 Å². The molecule has 11 aromatic rings. The number of hydrogen-bond acceptors (Lipinski definition) is 4. The van der Waals surface area contributed by atoms with E-state index in [1.54, 1.807) is 0 Å². The first-order valence-corrected chi connectivity index (χ1v) is 24.9. The molecular formula is C67H55BN4. The van der Waals surface area contributed by atoms with E-state index in [9.17, 15) is 0 Å². The Kier molecular flexibility index (Phi) is 12.5. The molecule has 0 amide bonds. The Morgan fingerprint density at radius 2 is 0.875 bits per heavy atom. The van der Waals surface area contributed by atoms with Gasteiger partial charge in [0, 0.05) is 27.9 Å². The van der Waals surface area contributed by atoms with Crippen LogP contribution in [0.3, 0.4) is 0 Å². The summed E-state index contributed by atoms with van der Waals surface area (Å²) in [6, 6.07) is 80.2. The molecule has 0 bridgehead atoms. The van der Waals surface area contributed by atoms with Crippen LogP contribution in [0.15, 0.2) is 224 Å². The molecule has 0 aliphatic heterocycles. The average Bonchev–Trinajstić information content (AvgIpc) is 3.41. The minimum Gasteiger partial charge on any atom is -0.278 e. The van der Waals surface area contributed by atoms with Crippen LogP contribution in [0.4, 0.5) is 17.3 Å². The van der Waals surface area contributed by atoms with Crippen LogP contribution in [-0.4, -0.2) is 21.7 Å². The van der Waals surface area contributed by atoms with E-state index in [1.165, 1.54) is 49.8 Å². The molecule has 0 N–H and O–H groups in total. The van der Waals surface area contributed by atoms with Crippen molar-refractivity contribution in [3.63, 3.8) is 0 Å². The first-order valence-electron chi connectivity index (χ1n) is 24.9. The predicted molar refractivity (Wildman–Crippen MR) is 305 cm³/mol. The van der Waals surface area contributed by atoms with Crippen molar-refractivity contribution in [2.24, 2.45) is 0 Å². The number of para-hydroxylation sites is 1. The van der Waals surface area contributed by atoms with Crippen molar-refractivity contribution in [1.82, 2.24) is 15.0 Å². The first-order chi connectivity index (χ1) is 35.2. The molecule has 0 saturated carbocycles. The number of hydrogen-bond donors (Lipinski definition) is 0.